The van der Waals surface area contributed by atoms with Gasteiger partial charge in [0.05, 0.1) is 0 Å². The molecule has 2 saturated carbocycles. The molecule has 2 aliphatic rings. The Morgan fingerprint density at radius 3 is 2.50 bits per heavy atom. The molecule has 4 heteroatoms. The van der Waals surface area contributed by atoms with Crippen LogP contribution in [0.1, 0.15) is 46.5 Å². The van der Waals surface area contributed by atoms with Crippen molar-refractivity contribution in [2.45, 2.75) is 58.1 Å². The summed E-state index contributed by atoms with van der Waals surface area (Å²) in [6.07, 6.45) is 4.82. The lowest BCUT2D eigenvalue weighted by Crippen LogP contribution is -2.48. The number of ether oxygens (including phenoxy) is 1. The Morgan fingerprint density at radius 2 is 2.00 bits per heavy atom. The largest absolute Gasteiger partial charge is 0.443 e. The van der Waals surface area contributed by atoms with Crippen molar-refractivity contribution in [2.75, 3.05) is 0 Å². The van der Waals surface area contributed by atoms with Crippen molar-refractivity contribution in [1.82, 2.24) is 10.9 Å². The number of hydrogen-bond donors (Lipinski definition) is 2. The fourth-order valence-electron chi connectivity index (χ4n) is 2.88. The summed E-state index contributed by atoms with van der Waals surface area (Å²) in [5.74, 6) is 1.63. The van der Waals surface area contributed by atoms with Crippen LogP contribution in [0.5, 0.6) is 0 Å². The second kappa shape index (κ2) is 4.24. The van der Waals surface area contributed by atoms with Crippen LogP contribution >= 0.6 is 0 Å². The van der Waals surface area contributed by atoms with Gasteiger partial charge in [0.15, 0.2) is 0 Å². The Balaban J connectivity index is 1.70. The monoisotopic (exact) mass is 226 g/mol. The summed E-state index contributed by atoms with van der Waals surface area (Å²) in [6, 6.07) is 0.450. The minimum Gasteiger partial charge on any atom is -0.443 e. The number of hydrogen-bond acceptors (Lipinski definition) is 3. The van der Waals surface area contributed by atoms with Crippen molar-refractivity contribution in [1.29, 1.82) is 0 Å². The molecule has 2 bridgehead atoms. The van der Waals surface area contributed by atoms with Crippen LogP contribution in [0.25, 0.3) is 0 Å². The van der Waals surface area contributed by atoms with E-state index in [1.165, 1.54) is 25.7 Å². The fraction of sp³-hybridized carbons (Fsp3) is 0.917. The van der Waals surface area contributed by atoms with Crippen molar-refractivity contribution in [3.63, 3.8) is 0 Å². The van der Waals surface area contributed by atoms with Crippen LogP contribution in [0, 0.1) is 11.8 Å². The summed E-state index contributed by atoms with van der Waals surface area (Å²) >= 11 is 0. The predicted octanol–water partition coefficient (Wildman–Crippen LogP) is 2.20. The van der Waals surface area contributed by atoms with Gasteiger partial charge in [-0.3, -0.25) is 5.43 Å². The SMILES string of the molecule is CC(C)(C)OC(=O)NN[C@H]1C[C@@H]2CC[C@H]1C2. The van der Waals surface area contributed by atoms with Crippen LogP contribution in [0.15, 0.2) is 0 Å². The van der Waals surface area contributed by atoms with Gasteiger partial charge >= 0.3 is 6.09 Å². The molecule has 0 heterocycles. The average Bonchev–Trinajstić information content (AvgIpc) is 2.72. The highest BCUT2D eigenvalue weighted by molar-refractivity contribution is 5.67. The molecule has 1 amide bonds. The highest BCUT2D eigenvalue weighted by Crippen LogP contribution is 2.44. The van der Waals surface area contributed by atoms with E-state index in [0.29, 0.717) is 6.04 Å². The van der Waals surface area contributed by atoms with E-state index >= 15 is 0 Å². The first-order chi connectivity index (χ1) is 7.44. The topological polar surface area (TPSA) is 50.4 Å². The molecule has 0 radical (unpaired) electrons. The zero-order valence-electron chi connectivity index (χ0n) is 10.4. The molecule has 2 aliphatic carbocycles. The summed E-state index contributed by atoms with van der Waals surface area (Å²) in [6.45, 7) is 5.60. The highest BCUT2D eigenvalue weighted by atomic mass is 16.6. The number of nitrogens with one attached hydrogen (secondary N) is 2. The first kappa shape index (κ1) is 11.7. The third-order valence-electron chi connectivity index (χ3n) is 3.50. The second-order valence-electron chi connectivity index (χ2n) is 6.05. The van der Waals surface area contributed by atoms with Crippen LogP contribution in [-0.2, 0) is 4.74 Å². The maximum absolute atomic E-state index is 11.4. The molecule has 2 rings (SSSR count). The van der Waals surface area contributed by atoms with Crippen molar-refractivity contribution in [2.24, 2.45) is 11.8 Å². The van der Waals surface area contributed by atoms with Crippen LogP contribution in [0.2, 0.25) is 0 Å². The standard InChI is InChI=1S/C12H22N2O2/c1-12(2,3)16-11(15)14-13-10-7-8-4-5-9(10)6-8/h8-10,13H,4-7H2,1-3H3,(H,14,15)/t8-,9+,10+/m1/s1. The minimum absolute atomic E-state index is 0.379. The van der Waals surface area contributed by atoms with Crippen LogP contribution < -0.4 is 10.9 Å². The number of amides is 1. The molecule has 0 unspecified atom stereocenters. The van der Waals surface area contributed by atoms with Gasteiger partial charge < -0.3 is 4.74 Å². The normalized spacial score (nSPS) is 32.8. The van der Waals surface area contributed by atoms with E-state index in [1.807, 2.05) is 20.8 Å². The molecule has 0 aromatic rings. The molecular weight excluding hydrogens is 204 g/mol. The Kier molecular flexibility index (Phi) is 3.10. The molecule has 16 heavy (non-hydrogen) atoms. The first-order valence-corrected chi connectivity index (χ1v) is 6.18. The molecule has 0 saturated heterocycles. The van der Waals surface area contributed by atoms with Gasteiger partial charge in [0.25, 0.3) is 0 Å². The van der Waals surface area contributed by atoms with Crippen LogP contribution in [0.4, 0.5) is 4.79 Å². The Labute approximate surface area is 97.1 Å². The van der Waals surface area contributed by atoms with Crippen molar-refractivity contribution < 1.29 is 9.53 Å². The summed E-state index contributed by atoms with van der Waals surface area (Å²) in [5, 5.41) is 0. The lowest BCUT2D eigenvalue weighted by molar-refractivity contribution is 0.0480. The number of rotatable bonds is 2. The van der Waals surface area contributed by atoms with Gasteiger partial charge in [-0.1, -0.05) is 6.42 Å². The summed E-state index contributed by atoms with van der Waals surface area (Å²) in [5.41, 5.74) is 5.34. The molecule has 0 spiro atoms. The maximum Gasteiger partial charge on any atom is 0.422 e. The minimum atomic E-state index is -0.430. The lowest BCUT2D eigenvalue weighted by Gasteiger charge is -2.25. The molecule has 4 nitrogen and oxygen atoms in total. The molecule has 0 aliphatic heterocycles. The molecule has 0 aromatic heterocycles. The molecular formula is C12H22N2O2. The van der Waals surface area contributed by atoms with Gasteiger partial charge in [-0.25, -0.2) is 10.2 Å². The average molecular weight is 226 g/mol. The zero-order chi connectivity index (χ0) is 11.8. The predicted molar refractivity (Wildman–Crippen MR) is 61.7 cm³/mol. The lowest BCUT2D eigenvalue weighted by atomic mass is 9.96. The Hall–Kier alpha value is -0.770. The van der Waals surface area contributed by atoms with Gasteiger partial charge in [-0.15, -0.1) is 0 Å². The van der Waals surface area contributed by atoms with E-state index in [2.05, 4.69) is 10.9 Å². The third kappa shape index (κ3) is 2.88. The van der Waals surface area contributed by atoms with E-state index in [9.17, 15) is 4.79 Å². The number of hydrazine groups is 1. The van der Waals surface area contributed by atoms with Crippen LogP contribution in [-0.4, -0.2) is 17.7 Å². The second-order valence-corrected chi connectivity index (χ2v) is 6.05. The van der Waals surface area contributed by atoms with E-state index in [1.54, 1.807) is 0 Å². The van der Waals surface area contributed by atoms with E-state index in [0.717, 1.165) is 11.8 Å². The molecule has 3 atom stereocenters. The summed E-state index contributed by atoms with van der Waals surface area (Å²) < 4.78 is 5.17. The fourth-order valence-corrected chi connectivity index (χ4v) is 2.88. The Morgan fingerprint density at radius 1 is 1.25 bits per heavy atom. The molecule has 2 N–H and O–H groups in total. The van der Waals surface area contributed by atoms with Gasteiger partial charge in [0, 0.05) is 6.04 Å². The van der Waals surface area contributed by atoms with E-state index in [4.69, 9.17) is 4.74 Å². The molecule has 2 fully saturated rings. The van der Waals surface area contributed by atoms with Crippen molar-refractivity contribution in [3.8, 4) is 0 Å². The van der Waals surface area contributed by atoms with Crippen molar-refractivity contribution in [3.05, 3.63) is 0 Å². The third-order valence-corrected chi connectivity index (χ3v) is 3.50. The first-order valence-electron chi connectivity index (χ1n) is 6.18. The van der Waals surface area contributed by atoms with Gasteiger partial charge in [0.2, 0.25) is 0 Å². The zero-order valence-corrected chi connectivity index (χ0v) is 10.4. The van der Waals surface area contributed by atoms with Gasteiger partial charge in [0.1, 0.15) is 5.60 Å². The quantitative estimate of drug-likeness (QED) is 0.710. The Bertz CT molecular complexity index is 273. The number of fused-ring (bicyclic) bond motifs is 2. The molecule has 0 aromatic carbocycles. The number of carbonyl (C=O) groups excluding carboxylic acids is 1. The van der Waals surface area contributed by atoms with Crippen LogP contribution in [0.3, 0.4) is 0 Å². The van der Waals surface area contributed by atoms with Gasteiger partial charge in [-0.05, 0) is 51.9 Å². The van der Waals surface area contributed by atoms with Gasteiger partial charge in [-0.2, -0.15) is 0 Å². The smallest absolute Gasteiger partial charge is 0.422 e. The highest BCUT2D eigenvalue weighted by Gasteiger charge is 2.39. The van der Waals surface area contributed by atoms with E-state index in [-0.39, 0.29) is 6.09 Å². The number of carbonyl (C=O) groups is 1. The van der Waals surface area contributed by atoms with Crippen molar-refractivity contribution >= 4 is 6.09 Å². The summed E-state index contributed by atoms with van der Waals surface area (Å²) in [7, 11) is 0. The maximum atomic E-state index is 11.4. The molecule has 92 valence electrons. The summed E-state index contributed by atoms with van der Waals surface area (Å²) in [4.78, 5) is 11.4. The van der Waals surface area contributed by atoms with E-state index < -0.39 is 5.60 Å².